The first kappa shape index (κ1) is 20.0. The topological polar surface area (TPSA) is 104 Å². The Bertz CT molecular complexity index is 949. The van der Waals surface area contributed by atoms with E-state index in [0.29, 0.717) is 42.8 Å². The first-order valence-corrected chi connectivity index (χ1v) is 9.77. The van der Waals surface area contributed by atoms with Gasteiger partial charge >= 0.3 is 5.69 Å². The van der Waals surface area contributed by atoms with Crippen LogP contribution in [0.3, 0.4) is 0 Å². The molecule has 2 aliphatic rings. The fourth-order valence-electron chi connectivity index (χ4n) is 4.17. The molecule has 2 saturated heterocycles. The molecule has 1 atom stereocenters. The molecule has 1 aromatic heterocycles. The van der Waals surface area contributed by atoms with Crippen molar-refractivity contribution in [3.8, 4) is 0 Å². The van der Waals surface area contributed by atoms with E-state index >= 15 is 0 Å². The first-order chi connectivity index (χ1) is 13.7. The van der Waals surface area contributed by atoms with Gasteiger partial charge in [-0.1, -0.05) is 0 Å². The van der Waals surface area contributed by atoms with Gasteiger partial charge in [-0.15, -0.1) is 0 Å². The molecule has 2 aromatic rings. The molecule has 0 radical (unpaired) electrons. The lowest BCUT2D eigenvalue weighted by atomic mass is 10.00. The SMILES string of the molecule is O=C(CN1CC[C@@](O)(CN2CCC(F)(F)CC2)C1)Nc1ccc2[nH]c(=O)[nH]c2c1. The Hall–Kier alpha value is -2.30. The molecule has 29 heavy (non-hydrogen) atoms. The number of carbonyl (C=O) groups excluding carboxylic acids is 1. The fourth-order valence-corrected chi connectivity index (χ4v) is 4.17. The summed E-state index contributed by atoms with van der Waals surface area (Å²) < 4.78 is 26.6. The van der Waals surface area contributed by atoms with Crippen LogP contribution in [0.1, 0.15) is 19.3 Å². The van der Waals surface area contributed by atoms with Crippen LogP contribution < -0.4 is 11.0 Å². The summed E-state index contributed by atoms with van der Waals surface area (Å²) in [6.07, 6.45) is 0.154. The number of H-pyrrole nitrogens is 2. The highest BCUT2D eigenvalue weighted by Gasteiger charge is 2.41. The molecule has 4 N–H and O–H groups in total. The van der Waals surface area contributed by atoms with Gasteiger partial charge in [0.2, 0.25) is 5.91 Å². The number of nitrogens with zero attached hydrogens (tertiary/aromatic N) is 2. The van der Waals surface area contributed by atoms with Crippen molar-refractivity contribution in [1.29, 1.82) is 0 Å². The van der Waals surface area contributed by atoms with Gasteiger partial charge in [-0.05, 0) is 24.6 Å². The standard InChI is InChI=1S/C19H25F2N5O3/c20-19(21)4-7-25(8-5-19)11-18(29)3-6-26(12-18)10-16(27)22-13-1-2-14-15(9-13)24-17(28)23-14/h1-2,9,29H,3-8,10-12H2,(H,22,27)(H2,23,24,28)/t18-/m1/s1. The lowest BCUT2D eigenvalue weighted by Crippen LogP contribution is -2.49. The van der Waals surface area contributed by atoms with E-state index in [1.165, 1.54) is 0 Å². The Labute approximate surface area is 165 Å². The number of carbonyl (C=O) groups is 1. The van der Waals surface area contributed by atoms with E-state index in [2.05, 4.69) is 15.3 Å². The maximum atomic E-state index is 13.3. The van der Waals surface area contributed by atoms with Gasteiger partial charge in [0.05, 0.1) is 23.2 Å². The number of rotatable bonds is 5. The molecular weight excluding hydrogens is 384 g/mol. The van der Waals surface area contributed by atoms with E-state index in [1.807, 2.05) is 9.80 Å². The van der Waals surface area contributed by atoms with Gasteiger partial charge in [0, 0.05) is 51.3 Å². The molecule has 1 amide bonds. The number of amides is 1. The van der Waals surface area contributed by atoms with Gasteiger partial charge in [0.25, 0.3) is 5.92 Å². The second-order valence-electron chi connectivity index (χ2n) is 8.20. The number of fused-ring (bicyclic) bond motifs is 1. The second-order valence-corrected chi connectivity index (χ2v) is 8.20. The fraction of sp³-hybridized carbons (Fsp3) is 0.579. The molecule has 8 nitrogen and oxygen atoms in total. The molecule has 0 spiro atoms. The zero-order chi connectivity index (χ0) is 20.6. The highest BCUT2D eigenvalue weighted by Crippen LogP contribution is 2.30. The first-order valence-electron chi connectivity index (χ1n) is 9.77. The molecule has 3 heterocycles. The van der Waals surface area contributed by atoms with Crippen molar-refractivity contribution < 1.29 is 18.7 Å². The molecular formula is C19H25F2N5O3. The molecule has 1 aromatic carbocycles. The van der Waals surface area contributed by atoms with Crippen LogP contribution in [0.5, 0.6) is 0 Å². The molecule has 0 aliphatic carbocycles. The molecule has 2 fully saturated rings. The number of piperidine rings is 1. The number of likely N-dealkylation sites (tertiary alicyclic amines) is 2. The number of aromatic amines is 2. The molecule has 0 saturated carbocycles. The van der Waals surface area contributed by atoms with Crippen molar-refractivity contribution in [2.45, 2.75) is 30.8 Å². The summed E-state index contributed by atoms with van der Waals surface area (Å²) in [4.78, 5) is 32.7. The van der Waals surface area contributed by atoms with Gasteiger partial charge in [-0.2, -0.15) is 0 Å². The minimum atomic E-state index is -2.60. The number of hydrogen-bond acceptors (Lipinski definition) is 5. The molecule has 10 heteroatoms. The largest absolute Gasteiger partial charge is 0.387 e. The summed E-state index contributed by atoms with van der Waals surface area (Å²) in [7, 11) is 0. The van der Waals surface area contributed by atoms with Crippen molar-refractivity contribution in [2.75, 3.05) is 44.6 Å². The average molecular weight is 409 g/mol. The summed E-state index contributed by atoms with van der Waals surface area (Å²) in [6, 6.07) is 5.09. The number of anilines is 1. The van der Waals surface area contributed by atoms with Crippen LogP contribution in [0.2, 0.25) is 0 Å². The Morgan fingerprint density at radius 2 is 1.79 bits per heavy atom. The summed E-state index contributed by atoms with van der Waals surface area (Å²) in [5.41, 5.74) is 0.540. The highest BCUT2D eigenvalue weighted by atomic mass is 19.3. The van der Waals surface area contributed by atoms with Crippen molar-refractivity contribution in [3.05, 3.63) is 28.7 Å². The minimum absolute atomic E-state index is 0.127. The number of imidazole rings is 1. The van der Waals surface area contributed by atoms with E-state index in [-0.39, 0.29) is 44.1 Å². The number of alkyl halides is 2. The molecule has 0 unspecified atom stereocenters. The highest BCUT2D eigenvalue weighted by molar-refractivity contribution is 5.94. The third-order valence-corrected chi connectivity index (χ3v) is 5.68. The minimum Gasteiger partial charge on any atom is -0.387 e. The van der Waals surface area contributed by atoms with Gasteiger partial charge in [-0.25, -0.2) is 13.6 Å². The van der Waals surface area contributed by atoms with E-state index in [4.69, 9.17) is 0 Å². The molecule has 4 rings (SSSR count). The van der Waals surface area contributed by atoms with Crippen LogP contribution in [-0.2, 0) is 4.79 Å². The van der Waals surface area contributed by atoms with Crippen molar-refractivity contribution in [2.24, 2.45) is 0 Å². The van der Waals surface area contributed by atoms with Crippen molar-refractivity contribution in [1.82, 2.24) is 19.8 Å². The van der Waals surface area contributed by atoms with Gasteiger partial charge in [0.15, 0.2) is 0 Å². The number of halogens is 2. The van der Waals surface area contributed by atoms with Gasteiger partial charge in [-0.3, -0.25) is 14.6 Å². The summed E-state index contributed by atoms with van der Waals surface area (Å²) in [6.45, 7) is 1.93. The maximum absolute atomic E-state index is 13.3. The van der Waals surface area contributed by atoms with E-state index in [1.54, 1.807) is 18.2 Å². The predicted octanol–water partition coefficient (Wildman–Crippen LogP) is 0.963. The zero-order valence-corrected chi connectivity index (χ0v) is 16.0. The summed E-state index contributed by atoms with van der Waals surface area (Å²) in [5, 5.41) is 13.6. The van der Waals surface area contributed by atoms with Crippen LogP contribution in [0.15, 0.2) is 23.0 Å². The van der Waals surface area contributed by atoms with E-state index < -0.39 is 11.5 Å². The lowest BCUT2D eigenvalue weighted by molar-refractivity contribution is -0.117. The predicted molar refractivity (Wildman–Crippen MR) is 104 cm³/mol. The monoisotopic (exact) mass is 409 g/mol. The smallest absolute Gasteiger partial charge is 0.323 e. The zero-order valence-electron chi connectivity index (χ0n) is 16.0. The number of β-amino-alcohol motifs (C(OH)–C–C–N with tert-alkyl or cyclic N) is 1. The second kappa shape index (κ2) is 7.51. The normalized spacial score (nSPS) is 25.5. The van der Waals surface area contributed by atoms with Crippen molar-refractivity contribution in [3.63, 3.8) is 0 Å². The Balaban J connectivity index is 1.28. The van der Waals surface area contributed by atoms with Crippen LogP contribution in [0.4, 0.5) is 14.5 Å². The number of hydrogen-bond donors (Lipinski definition) is 4. The number of aromatic nitrogens is 2. The van der Waals surface area contributed by atoms with Crippen molar-refractivity contribution >= 4 is 22.6 Å². The van der Waals surface area contributed by atoms with E-state index in [0.717, 1.165) is 0 Å². The van der Waals surface area contributed by atoms with Crippen LogP contribution in [0.25, 0.3) is 11.0 Å². The molecule has 158 valence electrons. The van der Waals surface area contributed by atoms with Gasteiger partial charge in [0.1, 0.15) is 0 Å². The van der Waals surface area contributed by atoms with Crippen LogP contribution in [-0.4, -0.2) is 81.6 Å². The molecule has 2 aliphatic heterocycles. The number of nitrogens with one attached hydrogen (secondary N) is 3. The Kier molecular flexibility index (Phi) is 5.18. The van der Waals surface area contributed by atoms with E-state index in [9.17, 15) is 23.5 Å². The van der Waals surface area contributed by atoms with Crippen LogP contribution >= 0.6 is 0 Å². The van der Waals surface area contributed by atoms with Crippen LogP contribution in [0, 0.1) is 0 Å². The summed E-state index contributed by atoms with van der Waals surface area (Å²) in [5.74, 6) is -2.82. The third-order valence-electron chi connectivity index (χ3n) is 5.68. The number of aliphatic hydroxyl groups is 1. The number of benzene rings is 1. The lowest BCUT2D eigenvalue weighted by Gasteiger charge is -2.36. The Morgan fingerprint density at radius 3 is 2.55 bits per heavy atom. The quantitative estimate of drug-likeness (QED) is 0.589. The van der Waals surface area contributed by atoms with Gasteiger partial charge < -0.3 is 20.4 Å². The third kappa shape index (κ3) is 4.82. The Morgan fingerprint density at radius 1 is 1.10 bits per heavy atom. The maximum Gasteiger partial charge on any atom is 0.323 e. The molecule has 0 bridgehead atoms. The average Bonchev–Trinajstić information content (AvgIpc) is 3.18. The summed E-state index contributed by atoms with van der Waals surface area (Å²) >= 11 is 0.